The van der Waals surface area contributed by atoms with E-state index in [9.17, 15) is 19.3 Å². The summed E-state index contributed by atoms with van der Waals surface area (Å²) in [5, 5.41) is 22.1. The van der Waals surface area contributed by atoms with Crippen LogP contribution in [0.25, 0.3) is 0 Å². The minimum Gasteiger partial charge on any atom is -0.478 e. The highest BCUT2D eigenvalue weighted by Gasteiger charge is 2.15. The Morgan fingerprint density at radius 1 is 1.43 bits per heavy atom. The molecule has 21 heavy (non-hydrogen) atoms. The minimum atomic E-state index is -1.40. The first-order valence-corrected chi connectivity index (χ1v) is 5.84. The molecule has 1 heterocycles. The summed E-state index contributed by atoms with van der Waals surface area (Å²) >= 11 is 0. The average Bonchev–Trinajstić information content (AvgIpc) is 2.46. The Morgan fingerprint density at radius 3 is 2.86 bits per heavy atom. The fraction of sp³-hybridized carbons (Fsp3) is 0.0769. The van der Waals surface area contributed by atoms with Crippen molar-refractivity contribution in [1.82, 2.24) is 4.98 Å². The molecule has 0 radical (unpaired) electrons. The van der Waals surface area contributed by atoms with Gasteiger partial charge in [-0.15, -0.1) is 0 Å². The number of carboxylic acids is 1. The van der Waals surface area contributed by atoms with Gasteiger partial charge in [0.2, 0.25) is 0 Å². The second-order valence-electron chi connectivity index (χ2n) is 4.11. The van der Waals surface area contributed by atoms with Crippen molar-refractivity contribution in [2.75, 3.05) is 5.32 Å². The normalized spacial score (nSPS) is 10.1. The van der Waals surface area contributed by atoms with Crippen molar-refractivity contribution in [2.24, 2.45) is 0 Å². The van der Waals surface area contributed by atoms with Gasteiger partial charge >= 0.3 is 5.97 Å². The number of nitro benzene ring substituents is 1. The van der Waals surface area contributed by atoms with Crippen molar-refractivity contribution >= 4 is 17.5 Å². The molecule has 0 amide bonds. The summed E-state index contributed by atoms with van der Waals surface area (Å²) < 4.78 is 13.8. The van der Waals surface area contributed by atoms with Crippen LogP contribution >= 0.6 is 0 Å². The molecule has 2 aromatic rings. The van der Waals surface area contributed by atoms with Gasteiger partial charge in [0.1, 0.15) is 5.56 Å². The number of pyridine rings is 1. The van der Waals surface area contributed by atoms with Crippen LogP contribution in [0, 0.1) is 15.9 Å². The van der Waals surface area contributed by atoms with Crippen molar-refractivity contribution in [2.45, 2.75) is 6.54 Å². The highest BCUT2D eigenvalue weighted by atomic mass is 19.1. The summed E-state index contributed by atoms with van der Waals surface area (Å²) in [6, 6.07) is 6.86. The van der Waals surface area contributed by atoms with Crippen molar-refractivity contribution in [3.05, 3.63) is 63.6 Å². The maximum Gasteiger partial charge on any atom is 0.338 e. The largest absolute Gasteiger partial charge is 0.478 e. The van der Waals surface area contributed by atoms with Gasteiger partial charge in [0.15, 0.2) is 11.6 Å². The topological polar surface area (TPSA) is 105 Å². The lowest BCUT2D eigenvalue weighted by Gasteiger charge is -2.08. The zero-order chi connectivity index (χ0) is 15.4. The molecule has 108 valence electrons. The third-order valence-corrected chi connectivity index (χ3v) is 2.70. The second kappa shape index (κ2) is 5.95. The SMILES string of the molecule is O=C(O)c1ccnc(NCc2cccc([N+](=O)[O-])c2)c1F. The Morgan fingerprint density at radius 2 is 2.19 bits per heavy atom. The zero-order valence-corrected chi connectivity index (χ0v) is 10.6. The number of nitro groups is 1. The summed E-state index contributed by atoms with van der Waals surface area (Å²) in [6.45, 7) is 0.0780. The first kappa shape index (κ1) is 14.4. The van der Waals surface area contributed by atoms with Crippen LogP contribution in [0.15, 0.2) is 36.5 Å². The average molecular weight is 291 g/mol. The number of anilines is 1. The van der Waals surface area contributed by atoms with Crippen LogP contribution in [0.5, 0.6) is 0 Å². The summed E-state index contributed by atoms with van der Waals surface area (Å²) in [6.07, 6.45) is 1.17. The maximum absolute atomic E-state index is 13.8. The molecule has 0 spiro atoms. The van der Waals surface area contributed by atoms with Crippen molar-refractivity contribution in [3.8, 4) is 0 Å². The maximum atomic E-state index is 13.8. The molecule has 0 fully saturated rings. The van der Waals surface area contributed by atoms with Crippen LogP contribution in [-0.4, -0.2) is 21.0 Å². The van der Waals surface area contributed by atoms with Crippen LogP contribution < -0.4 is 5.32 Å². The fourth-order valence-corrected chi connectivity index (χ4v) is 1.70. The van der Waals surface area contributed by atoms with E-state index in [1.165, 1.54) is 24.4 Å². The number of aromatic carboxylic acids is 1. The van der Waals surface area contributed by atoms with Crippen molar-refractivity contribution < 1.29 is 19.2 Å². The number of carboxylic acid groups (broad SMARTS) is 1. The Kier molecular flexibility index (Phi) is 4.07. The van der Waals surface area contributed by atoms with Crippen LogP contribution in [0.1, 0.15) is 15.9 Å². The number of nitrogens with one attached hydrogen (secondary N) is 1. The van der Waals surface area contributed by atoms with Crippen LogP contribution in [0.4, 0.5) is 15.9 Å². The molecule has 1 aromatic heterocycles. The molecule has 2 N–H and O–H groups in total. The molecule has 0 atom stereocenters. The lowest BCUT2D eigenvalue weighted by Crippen LogP contribution is -2.08. The monoisotopic (exact) mass is 291 g/mol. The van der Waals surface area contributed by atoms with Crippen molar-refractivity contribution in [3.63, 3.8) is 0 Å². The molecule has 0 aliphatic heterocycles. The van der Waals surface area contributed by atoms with E-state index in [0.29, 0.717) is 5.56 Å². The van der Waals surface area contributed by atoms with Crippen LogP contribution in [0.3, 0.4) is 0 Å². The van der Waals surface area contributed by atoms with E-state index >= 15 is 0 Å². The molecule has 0 aliphatic carbocycles. The number of rotatable bonds is 5. The second-order valence-corrected chi connectivity index (χ2v) is 4.11. The Hall–Kier alpha value is -3.03. The highest BCUT2D eigenvalue weighted by molar-refractivity contribution is 5.88. The Balaban J connectivity index is 2.17. The van der Waals surface area contributed by atoms with Gasteiger partial charge < -0.3 is 10.4 Å². The van der Waals surface area contributed by atoms with E-state index in [1.54, 1.807) is 6.07 Å². The van der Waals surface area contributed by atoms with Crippen molar-refractivity contribution in [1.29, 1.82) is 0 Å². The number of non-ortho nitro benzene ring substituents is 1. The summed E-state index contributed by atoms with van der Waals surface area (Å²) in [4.78, 5) is 24.6. The smallest absolute Gasteiger partial charge is 0.338 e. The minimum absolute atomic E-state index is 0.0780. The van der Waals surface area contributed by atoms with Gasteiger partial charge in [0, 0.05) is 24.9 Å². The molecule has 2 rings (SSSR count). The predicted octanol–water partition coefficient (Wildman–Crippen LogP) is 2.44. The molecule has 1 aromatic carbocycles. The number of halogens is 1. The van der Waals surface area contributed by atoms with Gasteiger partial charge in [-0.2, -0.15) is 0 Å². The Labute approximate surface area is 118 Å². The predicted molar refractivity (Wildman–Crippen MR) is 71.6 cm³/mol. The van der Waals surface area contributed by atoms with Gasteiger partial charge in [0.05, 0.1) is 4.92 Å². The number of nitrogens with zero attached hydrogens (tertiary/aromatic N) is 2. The van der Waals surface area contributed by atoms with E-state index in [4.69, 9.17) is 5.11 Å². The third-order valence-electron chi connectivity index (χ3n) is 2.70. The van der Waals surface area contributed by atoms with E-state index in [-0.39, 0.29) is 18.1 Å². The molecule has 0 saturated carbocycles. The van der Waals surface area contributed by atoms with Crippen LogP contribution in [-0.2, 0) is 6.54 Å². The first-order valence-electron chi connectivity index (χ1n) is 5.84. The Bertz CT molecular complexity index is 706. The molecule has 0 unspecified atom stereocenters. The number of hydrogen-bond acceptors (Lipinski definition) is 5. The van der Waals surface area contributed by atoms with E-state index in [0.717, 1.165) is 6.07 Å². The van der Waals surface area contributed by atoms with Gasteiger partial charge in [-0.25, -0.2) is 14.2 Å². The number of benzene rings is 1. The number of carbonyl (C=O) groups is 1. The van der Waals surface area contributed by atoms with Gasteiger partial charge in [-0.05, 0) is 11.6 Å². The molecule has 0 aliphatic rings. The number of hydrogen-bond donors (Lipinski definition) is 2. The fourth-order valence-electron chi connectivity index (χ4n) is 1.70. The quantitative estimate of drug-likeness (QED) is 0.647. The van der Waals surface area contributed by atoms with E-state index in [1.807, 2.05) is 0 Å². The third kappa shape index (κ3) is 3.30. The van der Waals surface area contributed by atoms with E-state index < -0.39 is 22.3 Å². The summed E-state index contributed by atoms with van der Waals surface area (Å²) in [5.41, 5.74) is -0.0281. The number of aromatic nitrogens is 1. The van der Waals surface area contributed by atoms with Gasteiger partial charge in [-0.3, -0.25) is 10.1 Å². The standard InChI is InChI=1S/C13H10FN3O4/c14-11-10(13(18)19)4-5-15-12(11)16-7-8-2-1-3-9(6-8)17(20)21/h1-6H,7H2,(H,15,16)(H,18,19). The lowest BCUT2D eigenvalue weighted by atomic mass is 10.2. The molecule has 0 bridgehead atoms. The molecule has 7 nitrogen and oxygen atoms in total. The van der Waals surface area contributed by atoms with Gasteiger partial charge in [-0.1, -0.05) is 12.1 Å². The molecular weight excluding hydrogens is 281 g/mol. The first-order chi connectivity index (χ1) is 9.99. The zero-order valence-electron chi connectivity index (χ0n) is 10.6. The molecular formula is C13H10FN3O4. The summed E-state index contributed by atoms with van der Waals surface area (Å²) in [7, 11) is 0. The highest BCUT2D eigenvalue weighted by Crippen LogP contribution is 2.17. The molecule has 8 heteroatoms. The van der Waals surface area contributed by atoms with E-state index in [2.05, 4.69) is 10.3 Å². The lowest BCUT2D eigenvalue weighted by molar-refractivity contribution is -0.384. The van der Waals surface area contributed by atoms with Crippen LogP contribution in [0.2, 0.25) is 0 Å². The summed E-state index contributed by atoms with van der Waals surface area (Å²) in [5.74, 6) is -2.59. The molecule has 0 saturated heterocycles. The van der Waals surface area contributed by atoms with Gasteiger partial charge in [0.25, 0.3) is 5.69 Å².